The second kappa shape index (κ2) is 6.39. The first-order chi connectivity index (χ1) is 9.67. The zero-order valence-electron chi connectivity index (χ0n) is 10.7. The van der Waals surface area contributed by atoms with Crippen molar-refractivity contribution in [2.75, 3.05) is 0 Å². The van der Waals surface area contributed by atoms with Gasteiger partial charge in [0.05, 0.1) is 18.1 Å². The Bertz CT molecular complexity index is 624. The molecule has 2 rings (SSSR count). The molecule has 0 amide bonds. The average molecular weight is 267 g/mol. The third-order valence-electron chi connectivity index (χ3n) is 2.77. The number of rotatable bonds is 5. The molecule has 2 aromatic rings. The highest BCUT2D eigenvalue weighted by molar-refractivity contribution is 5.70. The molecule has 100 valence electrons. The Morgan fingerprint density at radius 2 is 1.65 bits per heavy atom. The zero-order valence-corrected chi connectivity index (χ0v) is 10.7. The summed E-state index contributed by atoms with van der Waals surface area (Å²) in [5.74, 6) is -0.148. The molecular weight excluding hydrogens is 254 g/mol. The second-order valence-electron chi connectivity index (χ2n) is 4.31. The lowest BCUT2D eigenvalue weighted by Crippen LogP contribution is -2.00. The summed E-state index contributed by atoms with van der Waals surface area (Å²) < 4.78 is 5.59. The fraction of sp³-hybridized carbons (Fsp3) is 0.125. The first-order valence-corrected chi connectivity index (χ1v) is 6.10. The fourth-order valence-corrected chi connectivity index (χ4v) is 1.72. The third kappa shape index (κ3) is 3.85. The molecule has 0 aromatic heterocycles. The lowest BCUT2D eigenvalue weighted by Gasteiger charge is -2.06. The summed E-state index contributed by atoms with van der Waals surface area (Å²) in [5, 5.41) is 17.4. The number of carbonyl (C=O) groups is 1. The highest BCUT2D eigenvalue weighted by Crippen LogP contribution is 2.14. The van der Waals surface area contributed by atoms with E-state index in [1.165, 1.54) is 0 Å². The van der Waals surface area contributed by atoms with E-state index in [2.05, 4.69) is 0 Å². The molecule has 0 aliphatic rings. The van der Waals surface area contributed by atoms with Gasteiger partial charge >= 0.3 is 5.97 Å². The van der Waals surface area contributed by atoms with Crippen LogP contribution in [0.1, 0.15) is 16.7 Å². The summed E-state index contributed by atoms with van der Waals surface area (Å²) in [6.07, 6.45) is 0.0246. The summed E-state index contributed by atoms with van der Waals surface area (Å²) >= 11 is 0. The Hall–Kier alpha value is -2.80. The molecule has 0 atom stereocenters. The summed E-state index contributed by atoms with van der Waals surface area (Å²) in [6.45, 7) is 0.402. The van der Waals surface area contributed by atoms with E-state index in [0.717, 1.165) is 11.1 Å². The minimum atomic E-state index is -0.841. The predicted octanol–water partition coefficient (Wildman–Crippen LogP) is 2.76. The van der Waals surface area contributed by atoms with Crippen LogP contribution >= 0.6 is 0 Å². The van der Waals surface area contributed by atoms with Gasteiger partial charge in [-0.1, -0.05) is 24.3 Å². The first kappa shape index (κ1) is 13.6. The molecule has 0 spiro atoms. The molecule has 0 unspecified atom stereocenters. The van der Waals surface area contributed by atoms with Crippen LogP contribution in [0.4, 0.5) is 0 Å². The second-order valence-corrected chi connectivity index (χ2v) is 4.31. The van der Waals surface area contributed by atoms with Crippen molar-refractivity contribution in [1.29, 1.82) is 5.26 Å². The van der Waals surface area contributed by atoms with Gasteiger partial charge in [0.2, 0.25) is 0 Å². The molecule has 0 saturated heterocycles. The Morgan fingerprint density at radius 3 is 2.20 bits per heavy atom. The SMILES string of the molecule is N#Cc1ccc(OCc2ccc(CC(=O)O)cc2)cc1. The van der Waals surface area contributed by atoms with Crippen LogP contribution in [0.15, 0.2) is 48.5 Å². The lowest BCUT2D eigenvalue weighted by molar-refractivity contribution is -0.136. The molecule has 0 aliphatic carbocycles. The standard InChI is InChI=1S/C16H13NO3/c17-10-13-5-7-15(8-6-13)20-11-14-3-1-12(2-4-14)9-16(18)19/h1-8H,9,11H2,(H,18,19). The number of benzene rings is 2. The lowest BCUT2D eigenvalue weighted by atomic mass is 10.1. The maximum Gasteiger partial charge on any atom is 0.307 e. The Kier molecular flexibility index (Phi) is 4.35. The van der Waals surface area contributed by atoms with Crippen molar-refractivity contribution in [1.82, 2.24) is 0 Å². The van der Waals surface area contributed by atoms with Gasteiger partial charge in [-0.3, -0.25) is 4.79 Å². The summed E-state index contributed by atoms with van der Waals surface area (Å²) in [7, 11) is 0. The van der Waals surface area contributed by atoms with Crippen molar-refractivity contribution in [3.63, 3.8) is 0 Å². The summed E-state index contributed by atoms with van der Waals surface area (Å²) in [5.41, 5.74) is 2.32. The minimum Gasteiger partial charge on any atom is -0.489 e. The van der Waals surface area contributed by atoms with Crippen molar-refractivity contribution >= 4 is 5.97 Å². The number of hydrogen-bond acceptors (Lipinski definition) is 3. The van der Waals surface area contributed by atoms with Crippen molar-refractivity contribution in [3.05, 3.63) is 65.2 Å². The zero-order chi connectivity index (χ0) is 14.4. The molecule has 0 saturated carbocycles. The molecule has 4 heteroatoms. The number of aliphatic carboxylic acids is 1. The van der Waals surface area contributed by atoms with Crippen LogP contribution in [0, 0.1) is 11.3 Å². The van der Waals surface area contributed by atoms with Crippen LogP contribution in [0.3, 0.4) is 0 Å². The number of hydrogen-bond donors (Lipinski definition) is 1. The molecule has 1 N–H and O–H groups in total. The minimum absolute atomic E-state index is 0.0246. The Morgan fingerprint density at radius 1 is 1.05 bits per heavy atom. The number of carboxylic acids is 1. The van der Waals surface area contributed by atoms with E-state index in [4.69, 9.17) is 15.1 Å². The maximum atomic E-state index is 10.6. The van der Waals surface area contributed by atoms with Gasteiger partial charge in [-0.25, -0.2) is 0 Å². The van der Waals surface area contributed by atoms with Gasteiger partial charge < -0.3 is 9.84 Å². The topological polar surface area (TPSA) is 70.3 Å². The molecule has 0 heterocycles. The van der Waals surface area contributed by atoms with Gasteiger partial charge in [0.15, 0.2) is 0 Å². The quantitative estimate of drug-likeness (QED) is 0.904. The highest BCUT2D eigenvalue weighted by Gasteiger charge is 2.01. The Labute approximate surface area is 116 Å². The Balaban J connectivity index is 1.93. The van der Waals surface area contributed by atoms with E-state index in [0.29, 0.717) is 17.9 Å². The van der Waals surface area contributed by atoms with Gasteiger partial charge in [-0.05, 0) is 35.4 Å². The van der Waals surface area contributed by atoms with Crippen LogP contribution in [0.5, 0.6) is 5.75 Å². The van der Waals surface area contributed by atoms with Crippen LogP contribution in [-0.2, 0) is 17.8 Å². The molecule has 0 bridgehead atoms. The molecule has 2 aromatic carbocycles. The van der Waals surface area contributed by atoms with Crippen LogP contribution in [0.2, 0.25) is 0 Å². The average Bonchev–Trinajstić information content (AvgIpc) is 2.46. The molecule has 20 heavy (non-hydrogen) atoms. The summed E-state index contributed by atoms with van der Waals surface area (Å²) in [6, 6.07) is 16.2. The van der Waals surface area contributed by atoms with Crippen molar-refractivity contribution in [3.8, 4) is 11.8 Å². The predicted molar refractivity (Wildman–Crippen MR) is 73.3 cm³/mol. The number of carboxylic acid groups (broad SMARTS) is 1. The normalized spacial score (nSPS) is 9.75. The fourth-order valence-electron chi connectivity index (χ4n) is 1.72. The van der Waals surface area contributed by atoms with Crippen LogP contribution in [-0.4, -0.2) is 11.1 Å². The highest BCUT2D eigenvalue weighted by atomic mass is 16.5. The van der Waals surface area contributed by atoms with Gasteiger partial charge in [-0.2, -0.15) is 5.26 Å². The van der Waals surface area contributed by atoms with E-state index < -0.39 is 5.97 Å². The van der Waals surface area contributed by atoms with Gasteiger partial charge in [-0.15, -0.1) is 0 Å². The molecular formula is C16H13NO3. The molecule has 0 aliphatic heterocycles. The monoisotopic (exact) mass is 267 g/mol. The number of ether oxygens (including phenoxy) is 1. The maximum absolute atomic E-state index is 10.6. The number of nitrogens with zero attached hydrogens (tertiary/aromatic N) is 1. The van der Waals surface area contributed by atoms with E-state index in [1.54, 1.807) is 36.4 Å². The van der Waals surface area contributed by atoms with Crippen molar-refractivity contribution in [2.45, 2.75) is 13.0 Å². The van der Waals surface area contributed by atoms with Gasteiger partial charge in [0.1, 0.15) is 12.4 Å². The van der Waals surface area contributed by atoms with Crippen LogP contribution in [0.25, 0.3) is 0 Å². The van der Waals surface area contributed by atoms with E-state index in [1.807, 2.05) is 18.2 Å². The van der Waals surface area contributed by atoms with Gasteiger partial charge in [0, 0.05) is 0 Å². The first-order valence-electron chi connectivity index (χ1n) is 6.10. The van der Waals surface area contributed by atoms with Gasteiger partial charge in [0.25, 0.3) is 0 Å². The molecule has 4 nitrogen and oxygen atoms in total. The molecule has 0 radical (unpaired) electrons. The third-order valence-corrected chi connectivity index (χ3v) is 2.77. The van der Waals surface area contributed by atoms with Crippen molar-refractivity contribution < 1.29 is 14.6 Å². The smallest absolute Gasteiger partial charge is 0.307 e. The van der Waals surface area contributed by atoms with E-state index in [-0.39, 0.29) is 6.42 Å². The number of nitriles is 1. The molecule has 0 fully saturated rings. The van der Waals surface area contributed by atoms with E-state index in [9.17, 15) is 4.79 Å². The largest absolute Gasteiger partial charge is 0.489 e. The van der Waals surface area contributed by atoms with Crippen molar-refractivity contribution in [2.24, 2.45) is 0 Å². The van der Waals surface area contributed by atoms with E-state index >= 15 is 0 Å². The summed E-state index contributed by atoms with van der Waals surface area (Å²) in [4.78, 5) is 10.6. The van der Waals surface area contributed by atoms with Crippen LogP contribution < -0.4 is 4.74 Å².